The Morgan fingerprint density at radius 1 is 1.38 bits per heavy atom. The highest BCUT2D eigenvalue weighted by Crippen LogP contribution is 2.05. The Balaban J connectivity index is 2.33. The molecular weight excluding hydrogens is 170 g/mol. The van der Waals surface area contributed by atoms with Crippen molar-refractivity contribution in [3.63, 3.8) is 0 Å². The average molecular weight is 185 g/mol. The Morgan fingerprint density at radius 2 is 2.08 bits per heavy atom. The van der Waals surface area contributed by atoms with Crippen LogP contribution in [-0.4, -0.2) is 29.5 Å². The summed E-state index contributed by atoms with van der Waals surface area (Å²) < 4.78 is 5.30. The Kier molecular flexibility index (Phi) is 3.95. The molecule has 0 atom stereocenters. The monoisotopic (exact) mass is 185 g/mol. The van der Waals surface area contributed by atoms with Crippen molar-refractivity contribution >= 4 is 0 Å². The van der Waals surface area contributed by atoms with Gasteiger partial charge in [0.2, 0.25) is 0 Å². The SMILES string of the molecule is Cc1ccc(CNC(CO)CO)o1. The topological polar surface area (TPSA) is 65.6 Å². The van der Waals surface area contributed by atoms with Gasteiger partial charge in [-0.2, -0.15) is 0 Å². The summed E-state index contributed by atoms with van der Waals surface area (Å²) in [6.07, 6.45) is 0. The van der Waals surface area contributed by atoms with Crippen LogP contribution in [0.4, 0.5) is 0 Å². The summed E-state index contributed by atoms with van der Waals surface area (Å²) in [4.78, 5) is 0. The molecule has 1 aromatic heterocycles. The van der Waals surface area contributed by atoms with E-state index in [0.29, 0.717) is 6.54 Å². The van der Waals surface area contributed by atoms with Crippen LogP contribution in [-0.2, 0) is 6.54 Å². The lowest BCUT2D eigenvalue weighted by Crippen LogP contribution is -2.35. The number of nitrogens with one attached hydrogen (secondary N) is 1. The predicted octanol–water partition coefficient (Wildman–Crippen LogP) is 0.0308. The fraction of sp³-hybridized carbons (Fsp3) is 0.556. The fourth-order valence-corrected chi connectivity index (χ4v) is 1.01. The highest BCUT2D eigenvalue weighted by atomic mass is 16.3. The van der Waals surface area contributed by atoms with Crippen LogP contribution < -0.4 is 5.32 Å². The first kappa shape index (κ1) is 10.2. The average Bonchev–Trinajstić information content (AvgIpc) is 2.53. The molecule has 0 saturated heterocycles. The van der Waals surface area contributed by atoms with E-state index >= 15 is 0 Å². The molecular formula is C9H15NO3. The lowest BCUT2D eigenvalue weighted by molar-refractivity contribution is 0.168. The molecule has 0 radical (unpaired) electrons. The van der Waals surface area contributed by atoms with E-state index in [2.05, 4.69) is 5.32 Å². The van der Waals surface area contributed by atoms with Crippen LogP contribution >= 0.6 is 0 Å². The fourth-order valence-electron chi connectivity index (χ4n) is 1.01. The third-order valence-corrected chi connectivity index (χ3v) is 1.80. The van der Waals surface area contributed by atoms with Gasteiger partial charge in [-0.3, -0.25) is 0 Å². The molecule has 0 fully saturated rings. The Labute approximate surface area is 77.2 Å². The second-order valence-corrected chi connectivity index (χ2v) is 2.96. The summed E-state index contributed by atoms with van der Waals surface area (Å²) >= 11 is 0. The van der Waals surface area contributed by atoms with E-state index in [1.165, 1.54) is 0 Å². The number of aryl methyl sites for hydroxylation is 1. The number of aliphatic hydroxyl groups excluding tert-OH is 2. The van der Waals surface area contributed by atoms with E-state index in [4.69, 9.17) is 14.6 Å². The molecule has 13 heavy (non-hydrogen) atoms. The minimum Gasteiger partial charge on any atom is -0.465 e. The summed E-state index contributed by atoms with van der Waals surface area (Å²) in [7, 11) is 0. The maximum absolute atomic E-state index is 8.76. The molecule has 0 saturated carbocycles. The van der Waals surface area contributed by atoms with E-state index in [9.17, 15) is 0 Å². The molecule has 0 aliphatic rings. The van der Waals surface area contributed by atoms with E-state index in [1.807, 2.05) is 19.1 Å². The highest BCUT2D eigenvalue weighted by Gasteiger charge is 2.05. The molecule has 4 nitrogen and oxygen atoms in total. The van der Waals surface area contributed by atoms with Gasteiger partial charge >= 0.3 is 0 Å². The lowest BCUT2D eigenvalue weighted by atomic mass is 10.3. The van der Waals surface area contributed by atoms with Crippen molar-refractivity contribution in [1.29, 1.82) is 0 Å². The van der Waals surface area contributed by atoms with Gasteiger partial charge in [-0.25, -0.2) is 0 Å². The smallest absolute Gasteiger partial charge is 0.117 e. The molecule has 74 valence electrons. The van der Waals surface area contributed by atoms with E-state index in [0.717, 1.165) is 11.5 Å². The van der Waals surface area contributed by atoms with Crippen LogP contribution in [0.5, 0.6) is 0 Å². The van der Waals surface area contributed by atoms with Crippen LogP contribution in [0.15, 0.2) is 16.5 Å². The van der Waals surface area contributed by atoms with E-state index < -0.39 is 0 Å². The largest absolute Gasteiger partial charge is 0.465 e. The van der Waals surface area contributed by atoms with E-state index in [1.54, 1.807) is 0 Å². The summed E-state index contributed by atoms with van der Waals surface area (Å²) in [5.41, 5.74) is 0. The minimum atomic E-state index is -0.273. The van der Waals surface area contributed by atoms with Gasteiger partial charge in [-0.05, 0) is 19.1 Å². The van der Waals surface area contributed by atoms with Crippen molar-refractivity contribution < 1.29 is 14.6 Å². The summed E-state index contributed by atoms with van der Waals surface area (Å²) in [5, 5.41) is 20.5. The number of rotatable bonds is 5. The van der Waals surface area contributed by atoms with Crippen LogP contribution in [0.1, 0.15) is 11.5 Å². The summed E-state index contributed by atoms with van der Waals surface area (Å²) in [6.45, 7) is 2.26. The Bertz CT molecular complexity index is 243. The van der Waals surface area contributed by atoms with Gasteiger partial charge in [0.1, 0.15) is 11.5 Å². The van der Waals surface area contributed by atoms with Gasteiger partial charge in [-0.15, -0.1) is 0 Å². The number of furan rings is 1. The van der Waals surface area contributed by atoms with Gasteiger partial charge in [0, 0.05) is 0 Å². The quantitative estimate of drug-likeness (QED) is 0.605. The number of hydrogen-bond acceptors (Lipinski definition) is 4. The van der Waals surface area contributed by atoms with Crippen LogP contribution in [0.3, 0.4) is 0 Å². The van der Waals surface area contributed by atoms with E-state index in [-0.39, 0.29) is 19.3 Å². The van der Waals surface area contributed by atoms with Gasteiger partial charge in [0.15, 0.2) is 0 Å². The lowest BCUT2D eigenvalue weighted by Gasteiger charge is -2.11. The van der Waals surface area contributed by atoms with Crippen LogP contribution in [0, 0.1) is 6.92 Å². The zero-order valence-corrected chi connectivity index (χ0v) is 7.66. The molecule has 0 bridgehead atoms. The molecule has 1 heterocycles. The molecule has 1 aromatic rings. The highest BCUT2D eigenvalue weighted by molar-refractivity contribution is 5.05. The second kappa shape index (κ2) is 5.01. The van der Waals surface area contributed by atoms with Crippen molar-refractivity contribution in [1.82, 2.24) is 5.32 Å². The molecule has 0 unspecified atom stereocenters. The third-order valence-electron chi connectivity index (χ3n) is 1.80. The standard InChI is InChI=1S/C9H15NO3/c1-7-2-3-9(13-7)4-10-8(5-11)6-12/h2-3,8,10-12H,4-6H2,1H3. The summed E-state index contributed by atoms with van der Waals surface area (Å²) in [6, 6.07) is 3.48. The van der Waals surface area contributed by atoms with Crippen molar-refractivity contribution in [2.24, 2.45) is 0 Å². The molecule has 0 amide bonds. The Morgan fingerprint density at radius 3 is 2.54 bits per heavy atom. The first-order chi connectivity index (χ1) is 6.26. The van der Waals surface area contributed by atoms with Gasteiger partial charge < -0.3 is 19.9 Å². The van der Waals surface area contributed by atoms with Crippen molar-refractivity contribution in [3.8, 4) is 0 Å². The summed E-state index contributed by atoms with van der Waals surface area (Å²) in [5.74, 6) is 1.67. The zero-order chi connectivity index (χ0) is 9.68. The van der Waals surface area contributed by atoms with Crippen molar-refractivity contribution in [2.75, 3.05) is 13.2 Å². The molecule has 3 N–H and O–H groups in total. The normalized spacial score (nSPS) is 11.1. The Hall–Kier alpha value is -0.840. The molecule has 1 rings (SSSR count). The molecule has 0 aliphatic carbocycles. The molecule has 4 heteroatoms. The minimum absolute atomic E-state index is 0.0732. The van der Waals surface area contributed by atoms with Crippen molar-refractivity contribution in [2.45, 2.75) is 19.5 Å². The molecule has 0 spiro atoms. The third kappa shape index (κ3) is 3.18. The first-order valence-electron chi connectivity index (χ1n) is 4.26. The maximum Gasteiger partial charge on any atom is 0.117 e. The maximum atomic E-state index is 8.76. The number of hydrogen-bond donors (Lipinski definition) is 3. The predicted molar refractivity (Wildman–Crippen MR) is 48.2 cm³/mol. The second-order valence-electron chi connectivity index (χ2n) is 2.96. The zero-order valence-electron chi connectivity index (χ0n) is 7.66. The van der Waals surface area contributed by atoms with Crippen molar-refractivity contribution in [3.05, 3.63) is 23.7 Å². The first-order valence-corrected chi connectivity index (χ1v) is 4.26. The van der Waals surface area contributed by atoms with Gasteiger partial charge in [-0.1, -0.05) is 0 Å². The molecule has 0 aliphatic heterocycles. The molecule has 0 aromatic carbocycles. The number of aliphatic hydroxyl groups is 2. The van der Waals surface area contributed by atoms with Gasteiger partial charge in [0.25, 0.3) is 0 Å². The van der Waals surface area contributed by atoms with Crippen LogP contribution in [0.2, 0.25) is 0 Å². The van der Waals surface area contributed by atoms with Gasteiger partial charge in [0.05, 0.1) is 25.8 Å². The van der Waals surface area contributed by atoms with Crippen LogP contribution in [0.25, 0.3) is 0 Å².